The molecule has 8 aliphatic rings. The van der Waals surface area contributed by atoms with Crippen LogP contribution < -0.4 is 0 Å². The molecule has 1 aromatic rings. The van der Waals surface area contributed by atoms with E-state index in [1.54, 1.807) is 0 Å². The van der Waals surface area contributed by atoms with Gasteiger partial charge in [0.05, 0.1) is 26.1 Å². The second kappa shape index (κ2) is 8.20. The van der Waals surface area contributed by atoms with Gasteiger partial charge in [-0.3, -0.25) is 0 Å². The lowest BCUT2D eigenvalue weighted by Gasteiger charge is -2.78. The van der Waals surface area contributed by atoms with E-state index in [0.717, 1.165) is 6.07 Å². The van der Waals surface area contributed by atoms with Crippen LogP contribution in [0.4, 0.5) is 52.7 Å². The van der Waals surface area contributed by atoms with Crippen LogP contribution in [0.1, 0.15) is 82.6 Å². The molecule has 0 spiro atoms. The van der Waals surface area contributed by atoms with E-state index in [9.17, 15) is 31.4 Å². The van der Waals surface area contributed by atoms with Crippen LogP contribution in [0.3, 0.4) is 0 Å². The average molecular weight is 713 g/mol. The second-order valence-electron chi connectivity index (χ2n) is 15.7. The number of hydrogen-bond donors (Lipinski definition) is 1. The molecule has 8 bridgehead atoms. The summed E-state index contributed by atoms with van der Waals surface area (Å²) < 4.78 is 181. The molecule has 8 fully saturated rings. The fourth-order valence-electron chi connectivity index (χ4n) is 12.6. The second-order valence-corrected chi connectivity index (χ2v) is 16.5. The van der Waals surface area contributed by atoms with Gasteiger partial charge < -0.3 is 5.11 Å². The van der Waals surface area contributed by atoms with Crippen molar-refractivity contribution in [2.24, 2.45) is 38.4 Å². The molecule has 0 amide bonds. The summed E-state index contributed by atoms with van der Waals surface area (Å²) in [5.74, 6) is -1.44. The largest absolute Gasteiger partial charge is 0.507 e. The first-order valence-corrected chi connectivity index (χ1v) is 15.4. The Hall–Kier alpha value is -1.34. The number of phenolic OH excluding ortho intramolecular Hbond substituents is 1. The number of benzene rings is 1. The molecule has 4 unspecified atom stereocenters. The molecule has 0 aromatic heterocycles. The molecule has 4 atom stereocenters. The summed E-state index contributed by atoms with van der Waals surface area (Å²) in [6, 6.07) is 3.62. The Bertz CT molecular complexity index is 1350. The van der Waals surface area contributed by atoms with Gasteiger partial charge in [0.2, 0.25) is 0 Å². The van der Waals surface area contributed by atoms with Gasteiger partial charge in [0.1, 0.15) is 5.75 Å². The average Bonchev–Trinajstić information content (AvgIpc) is 2.81. The summed E-state index contributed by atoms with van der Waals surface area (Å²) in [6.07, 6.45) is -30.1. The van der Waals surface area contributed by atoms with E-state index >= 15 is 26.3 Å². The first-order valence-electron chi connectivity index (χ1n) is 14.6. The summed E-state index contributed by atoms with van der Waals surface area (Å²) in [6.45, 7) is 0. The van der Waals surface area contributed by atoms with Crippen molar-refractivity contribution < 1.29 is 57.8 Å². The van der Waals surface area contributed by atoms with Crippen LogP contribution in [0.25, 0.3) is 0 Å². The van der Waals surface area contributed by atoms with Gasteiger partial charge in [-0.2, -0.15) is 52.7 Å². The lowest BCUT2D eigenvalue weighted by Crippen LogP contribution is -2.75. The topological polar surface area (TPSA) is 20.2 Å². The van der Waals surface area contributed by atoms with Crippen LogP contribution in [0.15, 0.2) is 22.7 Å². The van der Waals surface area contributed by atoms with E-state index < -0.39 is 133 Å². The van der Waals surface area contributed by atoms with E-state index in [4.69, 9.17) is 0 Å². The van der Waals surface area contributed by atoms with Gasteiger partial charge in [0, 0.05) is 0 Å². The van der Waals surface area contributed by atoms with Gasteiger partial charge in [-0.25, -0.2) is 0 Å². The highest BCUT2D eigenvalue weighted by Gasteiger charge is 2.86. The maximum atomic E-state index is 15.3. The fraction of sp³-hybridized carbons (Fsp3) is 0.800. The third kappa shape index (κ3) is 3.69. The van der Waals surface area contributed by atoms with E-state index in [-0.39, 0.29) is 28.6 Å². The number of rotatable bonds is 2. The van der Waals surface area contributed by atoms with Gasteiger partial charge >= 0.3 is 24.7 Å². The zero-order valence-electron chi connectivity index (χ0n) is 23.2. The number of aromatic hydroxyl groups is 1. The minimum Gasteiger partial charge on any atom is -0.507 e. The normalized spacial score (nSPS) is 46.6. The quantitative estimate of drug-likeness (QED) is 0.303. The Morgan fingerprint density at radius 2 is 0.977 bits per heavy atom. The molecule has 14 heteroatoms. The maximum absolute atomic E-state index is 15.3. The molecular weight excluding hydrogens is 684 g/mol. The van der Waals surface area contributed by atoms with Crippen LogP contribution in [-0.2, 0) is 5.41 Å². The molecular formula is C30H29BrF12O. The lowest BCUT2D eigenvalue weighted by atomic mass is 9.25. The van der Waals surface area contributed by atoms with Gasteiger partial charge in [-0.1, -0.05) is 6.07 Å². The van der Waals surface area contributed by atoms with Crippen molar-refractivity contribution in [2.75, 3.05) is 0 Å². The third-order valence-electron chi connectivity index (χ3n) is 13.2. The molecule has 1 aromatic carbocycles. The van der Waals surface area contributed by atoms with Gasteiger partial charge in [0.25, 0.3) is 0 Å². The van der Waals surface area contributed by atoms with Crippen molar-refractivity contribution in [1.82, 2.24) is 0 Å². The van der Waals surface area contributed by atoms with Gasteiger partial charge in [-0.05, 0) is 133 Å². The Kier molecular flexibility index (Phi) is 5.83. The molecule has 9 rings (SSSR count). The number of hydrogen-bond acceptors (Lipinski definition) is 1. The zero-order valence-corrected chi connectivity index (χ0v) is 24.7. The summed E-state index contributed by atoms with van der Waals surface area (Å²) in [7, 11) is 0. The number of phenols is 1. The standard InChI is InChI=1S/C30H29BrF12O/c31-18-3-17(1-2-19(18)44)20-7-24(13-25(8-20,29(38,39)40)15-26(9-20,14-24)30(41,42)43)21-4-16-5-22(10-21,27(32,33)34)12-23(6-16,11-21)28(35,36)37/h1-3,16,44H,4-15H2. The van der Waals surface area contributed by atoms with Crippen molar-refractivity contribution in [1.29, 1.82) is 0 Å². The van der Waals surface area contributed by atoms with E-state index in [1.165, 1.54) is 12.1 Å². The van der Waals surface area contributed by atoms with Crippen molar-refractivity contribution in [2.45, 2.75) is 107 Å². The molecule has 0 radical (unpaired) electrons. The molecule has 0 heterocycles. The van der Waals surface area contributed by atoms with Crippen LogP contribution in [0, 0.1) is 38.4 Å². The van der Waals surface area contributed by atoms with Crippen molar-refractivity contribution in [3.05, 3.63) is 28.2 Å². The smallest absolute Gasteiger partial charge is 0.394 e. The molecule has 1 N–H and O–H groups in total. The third-order valence-corrected chi connectivity index (χ3v) is 13.9. The minimum absolute atomic E-state index is 0.0174. The molecule has 0 aliphatic heterocycles. The fourth-order valence-corrected chi connectivity index (χ4v) is 13.0. The van der Waals surface area contributed by atoms with Gasteiger partial charge in [0.15, 0.2) is 0 Å². The molecule has 8 aliphatic carbocycles. The SMILES string of the molecule is Oc1ccc(C23CC4(C(F)(F)F)CC(C(F)(F)F)(C2)CC(C25CC6CC(C(F)(F)F)(CC(C(F)(F)F)(C6)C2)C5)(C3)C4)cc1Br. The molecule has 1 nitrogen and oxygen atoms in total. The van der Waals surface area contributed by atoms with Crippen LogP contribution in [-0.4, -0.2) is 29.8 Å². The van der Waals surface area contributed by atoms with Crippen LogP contribution in [0.2, 0.25) is 0 Å². The maximum Gasteiger partial charge on any atom is 0.394 e. The Morgan fingerprint density at radius 1 is 0.545 bits per heavy atom. The number of alkyl halides is 12. The van der Waals surface area contributed by atoms with Crippen LogP contribution in [0.5, 0.6) is 5.75 Å². The number of halogens is 13. The van der Waals surface area contributed by atoms with Crippen molar-refractivity contribution in [3.8, 4) is 5.75 Å². The zero-order chi connectivity index (χ0) is 32.4. The highest BCUT2D eigenvalue weighted by Crippen LogP contribution is 2.88. The molecule has 0 saturated heterocycles. The van der Waals surface area contributed by atoms with E-state index in [1.807, 2.05) is 0 Å². The van der Waals surface area contributed by atoms with E-state index in [0.29, 0.717) is 0 Å². The lowest BCUT2D eigenvalue weighted by molar-refractivity contribution is -0.404. The Labute approximate surface area is 253 Å². The molecule has 44 heavy (non-hydrogen) atoms. The highest BCUT2D eigenvalue weighted by atomic mass is 79.9. The predicted molar refractivity (Wildman–Crippen MR) is 135 cm³/mol. The van der Waals surface area contributed by atoms with E-state index in [2.05, 4.69) is 15.9 Å². The first kappa shape index (κ1) is 31.3. The summed E-state index contributed by atoms with van der Waals surface area (Å²) >= 11 is 3.09. The molecule has 8 saturated carbocycles. The highest BCUT2D eigenvalue weighted by molar-refractivity contribution is 9.10. The summed E-state index contributed by atoms with van der Waals surface area (Å²) in [5.41, 5.74) is -17.5. The first-order chi connectivity index (χ1) is 19.8. The van der Waals surface area contributed by atoms with Crippen LogP contribution >= 0.6 is 15.9 Å². The van der Waals surface area contributed by atoms with Crippen molar-refractivity contribution in [3.63, 3.8) is 0 Å². The summed E-state index contributed by atoms with van der Waals surface area (Å²) in [5, 5.41) is 10.1. The molecule has 246 valence electrons. The Balaban J connectivity index is 1.51. The Morgan fingerprint density at radius 3 is 1.41 bits per heavy atom. The minimum atomic E-state index is -5.19. The van der Waals surface area contributed by atoms with Gasteiger partial charge in [-0.15, -0.1) is 0 Å². The summed E-state index contributed by atoms with van der Waals surface area (Å²) in [4.78, 5) is 0. The van der Waals surface area contributed by atoms with Crippen molar-refractivity contribution >= 4 is 15.9 Å². The monoisotopic (exact) mass is 712 g/mol. The predicted octanol–water partition coefficient (Wildman–Crippen LogP) is 10.9.